The first-order valence-corrected chi connectivity index (χ1v) is 7.84. The fourth-order valence-electron chi connectivity index (χ4n) is 2.21. The van der Waals surface area contributed by atoms with Crippen molar-refractivity contribution in [3.05, 3.63) is 28.6 Å². The highest BCUT2D eigenvalue weighted by molar-refractivity contribution is 7.21. The van der Waals surface area contributed by atoms with E-state index in [9.17, 15) is 4.79 Å². The lowest BCUT2D eigenvalue weighted by molar-refractivity contribution is 0.0949. The zero-order chi connectivity index (χ0) is 15.4. The maximum atomic E-state index is 12.3. The van der Waals surface area contributed by atoms with Gasteiger partial charge in [-0.05, 0) is 48.4 Å². The van der Waals surface area contributed by atoms with E-state index in [0.29, 0.717) is 13.0 Å². The van der Waals surface area contributed by atoms with Crippen molar-refractivity contribution in [2.24, 2.45) is 5.92 Å². The van der Waals surface area contributed by atoms with Crippen LogP contribution in [0.15, 0.2) is 18.2 Å². The van der Waals surface area contributed by atoms with Crippen molar-refractivity contribution >= 4 is 27.3 Å². The molecule has 1 aromatic carbocycles. The summed E-state index contributed by atoms with van der Waals surface area (Å²) in [7, 11) is 1.64. The van der Waals surface area contributed by atoms with Gasteiger partial charge in [0.2, 0.25) is 0 Å². The highest BCUT2D eigenvalue weighted by Gasteiger charge is 2.16. The molecule has 1 atom stereocenters. The molecule has 21 heavy (non-hydrogen) atoms. The van der Waals surface area contributed by atoms with Crippen molar-refractivity contribution in [3.8, 4) is 5.75 Å². The van der Waals surface area contributed by atoms with Gasteiger partial charge in [-0.2, -0.15) is 0 Å². The summed E-state index contributed by atoms with van der Waals surface area (Å²) in [5.74, 6) is 1.03. The molecule has 2 N–H and O–H groups in total. The number of carbonyl (C=O) groups excluding carboxylic acids is 1. The van der Waals surface area contributed by atoms with E-state index in [0.717, 1.165) is 26.3 Å². The molecule has 0 fully saturated rings. The molecule has 0 saturated heterocycles. The molecule has 0 bridgehead atoms. The quantitative estimate of drug-likeness (QED) is 0.862. The number of nitrogens with one attached hydrogen (secondary N) is 1. The average molecular weight is 307 g/mol. The first kappa shape index (κ1) is 15.8. The van der Waals surface area contributed by atoms with Crippen molar-refractivity contribution in [1.82, 2.24) is 5.32 Å². The zero-order valence-corrected chi connectivity index (χ0v) is 13.4. The van der Waals surface area contributed by atoms with Crippen molar-refractivity contribution in [2.75, 3.05) is 20.3 Å². The number of ether oxygens (including phenoxy) is 1. The normalized spacial score (nSPS) is 12.4. The van der Waals surface area contributed by atoms with Crippen LogP contribution in [-0.4, -0.2) is 31.3 Å². The SMILES string of the molecule is COc1ccc2sc(C(=O)NCC(C)CCO)c(C)c2c1. The van der Waals surface area contributed by atoms with Crippen LogP contribution in [0.3, 0.4) is 0 Å². The third-order valence-corrected chi connectivity index (χ3v) is 4.85. The number of rotatable bonds is 6. The Labute approximate surface area is 128 Å². The Bertz CT molecular complexity index is 636. The summed E-state index contributed by atoms with van der Waals surface area (Å²) in [4.78, 5) is 13.0. The van der Waals surface area contributed by atoms with Gasteiger partial charge in [0.1, 0.15) is 5.75 Å². The third-order valence-electron chi connectivity index (χ3n) is 3.58. The summed E-state index contributed by atoms with van der Waals surface area (Å²) in [5, 5.41) is 12.9. The molecule has 2 rings (SSSR count). The van der Waals surface area contributed by atoms with E-state index in [1.807, 2.05) is 32.0 Å². The fraction of sp³-hybridized carbons (Fsp3) is 0.438. The van der Waals surface area contributed by atoms with Crippen LogP contribution >= 0.6 is 11.3 Å². The first-order valence-electron chi connectivity index (χ1n) is 7.03. The van der Waals surface area contributed by atoms with Gasteiger partial charge in [0.05, 0.1) is 12.0 Å². The highest BCUT2D eigenvalue weighted by Crippen LogP contribution is 2.33. The Balaban J connectivity index is 2.18. The van der Waals surface area contributed by atoms with Crippen LogP contribution < -0.4 is 10.1 Å². The number of amides is 1. The van der Waals surface area contributed by atoms with Gasteiger partial charge in [-0.1, -0.05) is 6.92 Å². The van der Waals surface area contributed by atoms with Crippen LogP contribution in [0.25, 0.3) is 10.1 Å². The number of hydrogen-bond donors (Lipinski definition) is 2. The molecule has 2 aromatic rings. The maximum absolute atomic E-state index is 12.3. The van der Waals surface area contributed by atoms with Gasteiger partial charge < -0.3 is 15.2 Å². The standard InChI is InChI=1S/C16H21NO3S/c1-10(6-7-18)9-17-16(19)15-11(2)13-8-12(20-3)4-5-14(13)21-15/h4-5,8,10,18H,6-7,9H2,1-3H3,(H,17,19). The molecule has 1 unspecified atom stereocenters. The van der Waals surface area contributed by atoms with Gasteiger partial charge in [-0.25, -0.2) is 0 Å². The summed E-state index contributed by atoms with van der Waals surface area (Å²) in [5.41, 5.74) is 0.987. The van der Waals surface area contributed by atoms with E-state index in [1.54, 1.807) is 7.11 Å². The minimum Gasteiger partial charge on any atom is -0.497 e. The number of thiophene rings is 1. The molecule has 4 nitrogen and oxygen atoms in total. The molecule has 0 spiro atoms. The predicted octanol–water partition coefficient (Wildman–Crippen LogP) is 2.97. The van der Waals surface area contributed by atoms with Crippen LogP contribution in [0.2, 0.25) is 0 Å². The third kappa shape index (κ3) is 3.54. The highest BCUT2D eigenvalue weighted by atomic mass is 32.1. The van der Waals surface area contributed by atoms with E-state index in [1.165, 1.54) is 11.3 Å². The molecule has 1 amide bonds. The Hall–Kier alpha value is -1.59. The second-order valence-corrected chi connectivity index (χ2v) is 6.30. The average Bonchev–Trinajstić information content (AvgIpc) is 2.82. The van der Waals surface area contributed by atoms with Gasteiger partial charge in [0, 0.05) is 17.9 Å². The molecule has 0 radical (unpaired) electrons. The largest absolute Gasteiger partial charge is 0.497 e. The lowest BCUT2D eigenvalue weighted by Crippen LogP contribution is -2.28. The molecule has 0 aliphatic heterocycles. The summed E-state index contributed by atoms with van der Waals surface area (Å²) < 4.78 is 6.32. The second kappa shape index (κ2) is 6.91. The Kier molecular flexibility index (Phi) is 5.20. The lowest BCUT2D eigenvalue weighted by Gasteiger charge is -2.10. The van der Waals surface area contributed by atoms with Crippen LogP contribution in [0, 0.1) is 12.8 Å². The molecule has 0 saturated carbocycles. The Morgan fingerprint density at radius 2 is 2.24 bits per heavy atom. The number of benzene rings is 1. The van der Waals surface area contributed by atoms with Gasteiger partial charge in [0.15, 0.2) is 0 Å². The number of aliphatic hydroxyl groups is 1. The lowest BCUT2D eigenvalue weighted by atomic mass is 10.1. The van der Waals surface area contributed by atoms with E-state index < -0.39 is 0 Å². The second-order valence-electron chi connectivity index (χ2n) is 5.25. The van der Waals surface area contributed by atoms with E-state index in [-0.39, 0.29) is 18.4 Å². The van der Waals surface area contributed by atoms with Crippen molar-refractivity contribution in [3.63, 3.8) is 0 Å². The molecule has 1 aromatic heterocycles. The monoisotopic (exact) mass is 307 g/mol. The topological polar surface area (TPSA) is 58.6 Å². The first-order chi connectivity index (χ1) is 10.1. The Morgan fingerprint density at radius 3 is 2.90 bits per heavy atom. The number of hydrogen-bond acceptors (Lipinski definition) is 4. The molecule has 0 aliphatic rings. The molecular formula is C16H21NO3S. The van der Waals surface area contributed by atoms with Gasteiger partial charge in [-0.15, -0.1) is 11.3 Å². The summed E-state index contributed by atoms with van der Waals surface area (Å²) in [6.45, 7) is 4.71. The van der Waals surface area contributed by atoms with Crippen molar-refractivity contribution in [2.45, 2.75) is 20.3 Å². The number of methoxy groups -OCH3 is 1. The predicted molar refractivity (Wildman–Crippen MR) is 86.3 cm³/mol. The number of aryl methyl sites for hydroxylation is 1. The summed E-state index contributed by atoms with van der Waals surface area (Å²) in [6.07, 6.45) is 0.697. The fourth-order valence-corrected chi connectivity index (χ4v) is 3.32. The molecular weight excluding hydrogens is 286 g/mol. The molecule has 1 heterocycles. The van der Waals surface area contributed by atoms with Crippen LogP contribution in [-0.2, 0) is 0 Å². The zero-order valence-electron chi connectivity index (χ0n) is 12.6. The van der Waals surface area contributed by atoms with Crippen molar-refractivity contribution in [1.29, 1.82) is 0 Å². The number of carbonyl (C=O) groups is 1. The van der Waals surface area contributed by atoms with Crippen molar-refractivity contribution < 1.29 is 14.6 Å². The van der Waals surface area contributed by atoms with Gasteiger partial charge >= 0.3 is 0 Å². The smallest absolute Gasteiger partial charge is 0.261 e. The van der Waals surface area contributed by atoms with E-state index >= 15 is 0 Å². The molecule has 5 heteroatoms. The minimum absolute atomic E-state index is 0.0440. The van der Waals surface area contributed by atoms with Crippen LogP contribution in [0.1, 0.15) is 28.6 Å². The Morgan fingerprint density at radius 1 is 1.48 bits per heavy atom. The number of fused-ring (bicyclic) bond motifs is 1. The maximum Gasteiger partial charge on any atom is 0.261 e. The van der Waals surface area contributed by atoms with Gasteiger partial charge in [0.25, 0.3) is 5.91 Å². The minimum atomic E-state index is -0.0440. The summed E-state index contributed by atoms with van der Waals surface area (Å²) in [6, 6.07) is 5.85. The van der Waals surface area contributed by atoms with Crippen LogP contribution in [0.5, 0.6) is 5.75 Å². The van der Waals surface area contributed by atoms with Gasteiger partial charge in [-0.3, -0.25) is 4.79 Å². The van der Waals surface area contributed by atoms with Crippen LogP contribution in [0.4, 0.5) is 0 Å². The molecule has 114 valence electrons. The molecule has 0 aliphatic carbocycles. The van der Waals surface area contributed by atoms with E-state index in [4.69, 9.17) is 9.84 Å². The summed E-state index contributed by atoms with van der Waals surface area (Å²) >= 11 is 1.50. The van der Waals surface area contributed by atoms with E-state index in [2.05, 4.69) is 5.32 Å². The number of aliphatic hydroxyl groups excluding tert-OH is 1.